The summed E-state index contributed by atoms with van der Waals surface area (Å²) in [5.41, 5.74) is 4.74. The Kier molecular flexibility index (Phi) is 4.43. The van der Waals surface area contributed by atoms with Gasteiger partial charge in [-0.15, -0.1) is 0 Å². The normalized spacial score (nSPS) is 22.3. The van der Waals surface area contributed by atoms with Gasteiger partial charge in [-0.2, -0.15) is 0 Å². The highest BCUT2D eigenvalue weighted by Gasteiger charge is 2.52. The van der Waals surface area contributed by atoms with Crippen LogP contribution in [0.25, 0.3) is 0 Å². The van der Waals surface area contributed by atoms with Crippen LogP contribution >= 0.6 is 0 Å². The summed E-state index contributed by atoms with van der Waals surface area (Å²) in [5, 5.41) is 19.6. The van der Waals surface area contributed by atoms with Gasteiger partial charge >= 0.3 is 6.09 Å². The van der Waals surface area contributed by atoms with Crippen LogP contribution in [0.4, 0.5) is 20.6 Å². The van der Waals surface area contributed by atoms with Crippen LogP contribution in [0.5, 0.6) is 0 Å². The van der Waals surface area contributed by atoms with Crippen LogP contribution in [0, 0.1) is 11.2 Å². The van der Waals surface area contributed by atoms with Gasteiger partial charge in [0.2, 0.25) is 0 Å². The van der Waals surface area contributed by atoms with Gasteiger partial charge in [0.15, 0.2) is 0 Å². The minimum absolute atomic E-state index is 0.191. The SMILES string of the molecule is CC(C)(C)[C@@]1(CO)CN(c2ccc(N)cc2F)CCN1C(=O)O. The van der Waals surface area contributed by atoms with Crippen molar-refractivity contribution >= 4 is 17.5 Å². The van der Waals surface area contributed by atoms with Crippen molar-refractivity contribution in [1.29, 1.82) is 0 Å². The smallest absolute Gasteiger partial charge is 0.407 e. The van der Waals surface area contributed by atoms with E-state index in [4.69, 9.17) is 5.73 Å². The fourth-order valence-electron chi connectivity index (χ4n) is 3.19. The van der Waals surface area contributed by atoms with Gasteiger partial charge in [-0.1, -0.05) is 20.8 Å². The number of aliphatic hydroxyl groups excluding tert-OH is 1. The maximum atomic E-state index is 14.2. The molecule has 7 heteroatoms. The topological polar surface area (TPSA) is 90.0 Å². The van der Waals surface area contributed by atoms with E-state index in [1.807, 2.05) is 20.8 Å². The third kappa shape index (κ3) is 2.93. The number of aliphatic hydroxyl groups is 1. The summed E-state index contributed by atoms with van der Waals surface area (Å²) in [7, 11) is 0. The molecule has 0 radical (unpaired) electrons. The molecule has 1 aromatic rings. The van der Waals surface area contributed by atoms with Gasteiger partial charge in [0.05, 0.1) is 17.8 Å². The highest BCUT2D eigenvalue weighted by molar-refractivity contribution is 5.68. The van der Waals surface area contributed by atoms with Crippen LogP contribution < -0.4 is 10.6 Å². The van der Waals surface area contributed by atoms with Crippen molar-refractivity contribution in [3.8, 4) is 0 Å². The van der Waals surface area contributed by atoms with Crippen molar-refractivity contribution in [3.05, 3.63) is 24.0 Å². The Morgan fingerprint density at radius 1 is 1.39 bits per heavy atom. The molecule has 1 aliphatic rings. The first-order valence-corrected chi connectivity index (χ1v) is 7.54. The quantitative estimate of drug-likeness (QED) is 0.724. The van der Waals surface area contributed by atoms with E-state index in [1.165, 1.54) is 11.0 Å². The number of nitrogens with two attached hydrogens (primary N) is 1. The summed E-state index contributed by atoms with van der Waals surface area (Å²) >= 11 is 0. The molecule has 0 aliphatic carbocycles. The number of hydrogen-bond donors (Lipinski definition) is 3. The zero-order valence-electron chi connectivity index (χ0n) is 13.7. The van der Waals surface area contributed by atoms with Crippen LogP contribution in [-0.2, 0) is 0 Å². The Morgan fingerprint density at radius 3 is 2.52 bits per heavy atom. The number of hydrogen-bond acceptors (Lipinski definition) is 4. The maximum Gasteiger partial charge on any atom is 0.407 e. The molecule has 1 aromatic carbocycles. The summed E-state index contributed by atoms with van der Waals surface area (Å²) in [6.45, 7) is 6.05. The minimum Gasteiger partial charge on any atom is -0.465 e. The molecule has 4 N–H and O–H groups in total. The molecule has 6 nitrogen and oxygen atoms in total. The molecule has 1 amide bonds. The average molecular weight is 325 g/mol. The van der Waals surface area contributed by atoms with Crippen molar-refractivity contribution in [2.75, 3.05) is 36.9 Å². The van der Waals surface area contributed by atoms with Gasteiger partial charge in [-0.05, 0) is 23.6 Å². The largest absolute Gasteiger partial charge is 0.465 e. The van der Waals surface area contributed by atoms with E-state index in [0.29, 0.717) is 17.9 Å². The zero-order chi connectivity index (χ0) is 17.4. The number of rotatable bonds is 2. The number of carbonyl (C=O) groups is 1. The summed E-state index contributed by atoms with van der Waals surface area (Å²) in [5.74, 6) is -0.450. The molecule has 0 aromatic heterocycles. The number of anilines is 2. The van der Waals surface area contributed by atoms with E-state index >= 15 is 0 Å². The molecular weight excluding hydrogens is 301 g/mol. The maximum absolute atomic E-state index is 14.2. The van der Waals surface area contributed by atoms with Crippen LogP contribution in [-0.4, -0.2) is 53.0 Å². The Bertz CT molecular complexity index is 603. The number of benzene rings is 1. The molecule has 0 spiro atoms. The molecule has 0 unspecified atom stereocenters. The lowest BCUT2D eigenvalue weighted by Crippen LogP contribution is -2.71. The van der Waals surface area contributed by atoms with Gasteiger partial charge in [0.1, 0.15) is 5.82 Å². The van der Waals surface area contributed by atoms with Crippen molar-refractivity contribution in [1.82, 2.24) is 4.90 Å². The average Bonchev–Trinajstić information content (AvgIpc) is 2.45. The van der Waals surface area contributed by atoms with E-state index in [0.717, 1.165) is 0 Å². The standard InChI is InChI=1S/C16H24FN3O3/c1-15(2,3)16(10-21)9-19(6-7-20(16)14(22)23)13-5-4-11(18)8-12(13)17/h4-5,8,21H,6-7,9-10,18H2,1-3H3,(H,22,23)/t16-/m0/s1. The number of nitrogen functional groups attached to an aromatic ring is 1. The van der Waals surface area contributed by atoms with Gasteiger partial charge in [0.25, 0.3) is 0 Å². The summed E-state index contributed by atoms with van der Waals surface area (Å²) < 4.78 is 14.2. The Morgan fingerprint density at radius 2 is 2.04 bits per heavy atom. The first kappa shape index (κ1) is 17.3. The van der Waals surface area contributed by atoms with Crippen molar-refractivity contribution < 1.29 is 19.4 Å². The van der Waals surface area contributed by atoms with Gasteiger partial charge in [-0.3, -0.25) is 4.90 Å². The predicted octanol–water partition coefficient (Wildman–Crippen LogP) is 1.99. The molecule has 1 heterocycles. The van der Waals surface area contributed by atoms with E-state index in [9.17, 15) is 19.4 Å². The summed E-state index contributed by atoms with van der Waals surface area (Å²) in [6, 6.07) is 4.45. The number of amides is 1. The molecule has 128 valence electrons. The lowest BCUT2D eigenvalue weighted by atomic mass is 9.71. The Balaban J connectivity index is 2.44. The van der Waals surface area contributed by atoms with Crippen molar-refractivity contribution in [2.45, 2.75) is 26.3 Å². The van der Waals surface area contributed by atoms with Crippen LogP contribution in [0.2, 0.25) is 0 Å². The second-order valence-corrected chi connectivity index (χ2v) is 7.01. The Hall–Kier alpha value is -2.02. The number of nitrogens with zero attached hydrogens (tertiary/aromatic N) is 2. The van der Waals surface area contributed by atoms with E-state index in [2.05, 4.69) is 0 Å². The van der Waals surface area contributed by atoms with E-state index < -0.39 is 22.9 Å². The van der Waals surface area contributed by atoms with Crippen molar-refractivity contribution in [2.24, 2.45) is 5.41 Å². The number of piperazine rings is 1. The molecule has 2 rings (SSSR count). The fourth-order valence-corrected chi connectivity index (χ4v) is 3.19. The highest BCUT2D eigenvalue weighted by Crippen LogP contribution is 2.40. The van der Waals surface area contributed by atoms with Gasteiger partial charge in [-0.25, -0.2) is 9.18 Å². The molecule has 0 bridgehead atoms. The third-order valence-corrected chi connectivity index (χ3v) is 4.76. The van der Waals surface area contributed by atoms with Gasteiger partial charge < -0.3 is 20.8 Å². The van der Waals surface area contributed by atoms with E-state index in [1.54, 1.807) is 17.0 Å². The van der Waals surface area contributed by atoms with E-state index in [-0.39, 0.29) is 19.7 Å². The first-order valence-electron chi connectivity index (χ1n) is 7.54. The van der Waals surface area contributed by atoms with Crippen LogP contribution in [0.3, 0.4) is 0 Å². The first-order chi connectivity index (χ1) is 10.6. The lowest BCUT2D eigenvalue weighted by molar-refractivity contribution is -0.0418. The molecule has 1 atom stereocenters. The van der Waals surface area contributed by atoms with Crippen LogP contribution in [0.15, 0.2) is 18.2 Å². The van der Waals surface area contributed by atoms with Crippen LogP contribution in [0.1, 0.15) is 20.8 Å². The third-order valence-electron chi connectivity index (χ3n) is 4.76. The highest BCUT2D eigenvalue weighted by atomic mass is 19.1. The molecule has 1 fully saturated rings. The zero-order valence-corrected chi connectivity index (χ0v) is 13.7. The lowest BCUT2D eigenvalue weighted by Gasteiger charge is -2.55. The minimum atomic E-state index is -1.08. The fraction of sp³-hybridized carbons (Fsp3) is 0.562. The second kappa shape index (κ2) is 5.88. The molecule has 23 heavy (non-hydrogen) atoms. The van der Waals surface area contributed by atoms with Gasteiger partial charge in [0, 0.05) is 25.3 Å². The number of halogens is 1. The summed E-state index contributed by atoms with van der Waals surface area (Å²) in [6.07, 6.45) is -1.08. The predicted molar refractivity (Wildman–Crippen MR) is 87.0 cm³/mol. The Labute approximate surface area is 135 Å². The monoisotopic (exact) mass is 325 g/mol. The molecule has 0 saturated carbocycles. The molecular formula is C16H24FN3O3. The second-order valence-electron chi connectivity index (χ2n) is 7.01. The van der Waals surface area contributed by atoms with Crippen molar-refractivity contribution in [3.63, 3.8) is 0 Å². The number of carboxylic acid groups (broad SMARTS) is 1. The molecule has 1 saturated heterocycles. The summed E-state index contributed by atoms with van der Waals surface area (Å²) in [4.78, 5) is 14.7. The molecule has 1 aliphatic heterocycles.